The van der Waals surface area contributed by atoms with Gasteiger partial charge in [0.05, 0.1) is 4.92 Å². The van der Waals surface area contributed by atoms with Crippen LogP contribution in [0.15, 0.2) is 24.4 Å². The van der Waals surface area contributed by atoms with E-state index in [2.05, 4.69) is 0 Å². The summed E-state index contributed by atoms with van der Waals surface area (Å²) in [6.07, 6.45) is 2.20. The van der Waals surface area contributed by atoms with Crippen LogP contribution in [0, 0.1) is 10.1 Å². The van der Waals surface area contributed by atoms with Crippen molar-refractivity contribution >= 4 is 22.6 Å². The van der Waals surface area contributed by atoms with E-state index in [1.807, 2.05) is 17.8 Å². The molecule has 0 aliphatic carbocycles. The van der Waals surface area contributed by atoms with Crippen LogP contribution in [0.3, 0.4) is 0 Å². The summed E-state index contributed by atoms with van der Waals surface area (Å²) in [6, 6.07) is 4.62. The second-order valence-corrected chi connectivity index (χ2v) is 4.12. The lowest BCUT2D eigenvalue weighted by Crippen LogP contribution is -1.96. The van der Waals surface area contributed by atoms with E-state index >= 15 is 0 Å². The molecule has 0 bridgehead atoms. The molecule has 0 atom stereocenters. The summed E-state index contributed by atoms with van der Waals surface area (Å²) in [7, 11) is 1.83. The zero-order chi connectivity index (χ0) is 13.3. The minimum Gasteiger partial charge on any atom is -0.481 e. The molecule has 0 unspecified atom stereocenters. The highest BCUT2D eigenvalue weighted by molar-refractivity contribution is 5.86. The van der Waals surface area contributed by atoms with Crippen molar-refractivity contribution in [1.29, 1.82) is 0 Å². The number of carbonyl (C=O) groups is 1. The van der Waals surface area contributed by atoms with E-state index in [-0.39, 0.29) is 12.1 Å². The summed E-state index contributed by atoms with van der Waals surface area (Å²) in [5.74, 6) is -0.877. The van der Waals surface area contributed by atoms with Gasteiger partial charge >= 0.3 is 5.97 Å². The molecule has 1 aromatic carbocycles. The van der Waals surface area contributed by atoms with Gasteiger partial charge in [-0.3, -0.25) is 14.9 Å². The average Bonchev–Trinajstić information content (AvgIpc) is 2.63. The van der Waals surface area contributed by atoms with Crippen LogP contribution in [0.2, 0.25) is 0 Å². The van der Waals surface area contributed by atoms with E-state index in [4.69, 9.17) is 5.11 Å². The van der Waals surface area contributed by atoms with Crippen LogP contribution in [-0.2, 0) is 18.3 Å². The Kier molecular flexibility index (Phi) is 3.01. The number of carboxylic acids is 1. The fraction of sp³-hybridized carbons (Fsp3) is 0.250. The van der Waals surface area contributed by atoms with Gasteiger partial charge < -0.3 is 9.67 Å². The lowest BCUT2D eigenvalue weighted by atomic mass is 10.1. The minimum atomic E-state index is -0.877. The van der Waals surface area contributed by atoms with Crippen LogP contribution < -0.4 is 0 Å². The number of benzene rings is 1. The number of non-ortho nitro benzene ring substituents is 1. The van der Waals surface area contributed by atoms with Crippen LogP contribution in [0.1, 0.15) is 12.0 Å². The monoisotopic (exact) mass is 248 g/mol. The maximum absolute atomic E-state index is 10.7. The Bertz CT molecular complexity index is 630. The first-order chi connectivity index (χ1) is 8.49. The molecule has 0 aliphatic heterocycles. The minimum absolute atomic E-state index is 0.0157. The van der Waals surface area contributed by atoms with E-state index in [0.717, 1.165) is 16.5 Å². The highest BCUT2D eigenvalue weighted by Gasteiger charge is 2.12. The first kappa shape index (κ1) is 12.1. The molecule has 0 saturated carbocycles. The molecule has 0 radical (unpaired) electrons. The molecular weight excluding hydrogens is 236 g/mol. The maximum atomic E-state index is 10.7. The van der Waals surface area contributed by atoms with Gasteiger partial charge in [-0.25, -0.2) is 0 Å². The van der Waals surface area contributed by atoms with Gasteiger partial charge in [-0.1, -0.05) is 0 Å². The second kappa shape index (κ2) is 4.48. The van der Waals surface area contributed by atoms with Gasteiger partial charge in [-0.15, -0.1) is 0 Å². The van der Waals surface area contributed by atoms with Crippen molar-refractivity contribution in [1.82, 2.24) is 4.57 Å². The zero-order valence-electron chi connectivity index (χ0n) is 9.79. The normalized spacial score (nSPS) is 10.7. The molecule has 0 aliphatic rings. The fourth-order valence-corrected chi connectivity index (χ4v) is 2.02. The van der Waals surface area contributed by atoms with Gasteiger partial charge in [0.25, 0.3) is 5.69 Å². The summed E-state index contributed by atoms with van der Waals surface area (Å²) in [6.45, 7) is 0. The molecule has 0 amide bonds. The lowest BCUT2D eigenvalue weighted by Gasteiger charge is -1.97. The number of hydrogen-bond donors (Lipinski definition) is 1. The Hall–Kier alpha value is -2.37. The molecule has 1 aromatic heterocycles. The third-order valence-electron chi connectivity index (χ3n) is 2.87. The third kappa shape index (κ3) is 2.17. The van der Waals surface area contributed by atoms with E-state index < -0.39 is 10.9 Å². The highest BCUT2D eigenvalue weighted by Crippen LogP contribution is 2.26. The van der Waals surface area contributed by atoms with E-state index in [0.29, 0.717) is 6.42 Å². The molecule has 18 heavy (non-hydrogen) atoms. The van der Waals surface area contributed by atoms with Crippen molar-refractivity contribution in [2.75, 3.05) is 0 Å². The fourth-order valence-electron chi connectivity index (χ4n) is 2.02. The van der Waals surface area contributed by atoms with Gasteiger partial charge in [0.15, 0.2) is 0 Å². The Morgan fingerprint density at radius 1 is 1.50 bits per heavy atom. The van der Waals surface area contributed by atoms with Crippen molar-refractivity contribution in [3.8, 4) is 0 Å². The number of fused-ring (bicyclic) bond motifs is 1. The Morgan fingerprint density at radius 3 is 2.83 bits per heavy atom. The van der Waals surface area contributed by atoms with Crippen molar-refractivity contribution in [3.05, 3.63) is 40.1 Å². The number of carboxylic acid groups (broad SMARTS) is 1. The van der Waals surface area contributed by atoms with E-state index in [9.17, 15) is 14.9 Å². The average molecular weight is 248 g/mol. The molecule has 0 fully saturated rings. The molecule has 1 N–H and O–H groups in total. The zero-order valence-corrected chi connectivity index (χ0v) is 9.79. The van der Waals surface area contributed by atoms with Crippen LogP contribution in [0.25, 0.3) is 10.9 Å². The molecule has 2 rings (SSSR count). The summed E-state index contributed by atoms with van der Waals surface area (Å²) < 4.78 is 1.84. The standard InChI is InChI=1S/C12H12N2O4/c1-13-7-8(2-5-12(15)16)10-6-9(14(17)18)3-4-11(10)13/h3-4,6-7H,2,5H2,1H3,(H,15,16). The van der Waals surface area contributed by atoms with Crippen LogP contribution in [-0.4, -0.2) is 20.6 Å². The Morgan fingerprint density at radius 2 is 2.22 bits per heavy atom. The van der Waals surface area contributed by atoms with Crippen LogP contribution in [0.5, 0.6) is 0 Å². The van der Waals surface area contributed by atoms with E-state index in [1.54, 1.807) is 6.07 Å². The van der Waals surface area contributed by atoms with Gasteiger partial charge in [-0.2, -0.15) is 0 Å². The number of aliphatic carboxylic acids is 1. The van der Waals surface area contributed by atoms with Crippen molar-refractivity contribution in [3.63, 3.8) is 0 Å². The molecule has 94 valence electrons. The molecule has 1 heterocycles. The van der Waals surface area contributed by atoms with Gasteiger partial charge in [-0.05, 0) is 18.1 Å². The summed E-state index contributed by atoms with van der Waals surface area (Å²) in [4.78, 5) is 20.9. The third-order valence-corrected chi connectivity index (χ3v) is 2.87. The first-order valence-corrected chi connectivity index (χ1v) is 5.43. The topological polar surface area (TPSA) is 85.4 Å². The quantitative estimate of drug-likeness (QED) is 0.663. The van der Waals surface area contributed by atoms with Crippen LogP contribution >= 0.6 is 0 Å². The Labute approximate surface area is 103 Å². The van der Waals surface area contributed by atoms with Crippen LogP contribution in [0.4, 0.5) is 5.69 Å². The van der Waals surface area contributed by atoms with E-state index in [1.165, 1.54) is 12.1 Å². The lowest BCUT2D eigenvalue weighted by molar-refractivity contribution is -0.384. The predicted octanol–water partition coefficient (Wildman–Crippen LogP) is 2.10. The summed E-state index contributed by atoms with van der Waals surface area (Å²) in [5.41, 5.74) is 1.70. The molecule has 6 heteroatoms. The smallest absolute Gasteiger partial charge is 0.303 e. The molecule has 6 nitrogen and oxygen atoms in total. The van der Waals surface area contributed by atoms with Crippen molar-refractivity contribution < 1.29 is 14.8 Å². The Balaban J connectivity index is 2.49. The number of aryl methyl sites for hydroxylation is 2. The summed E-state index contributed by atoms with van der Waals surface area (Å²) in [5, 5.41) is 20.2. The molecule has 0 saturated heterocycles. The second-order valence-electron chi connectivity index (χ2n) is 4.12. The predicted molar refractivity (Wildman–Crippen MR) is 65.5 cm³/mol. The number of nitrogens with zero attached hydrogens (tertiary/aromatic N) is 2. The van der Waals surface area contributed by atoms with Gasteiger partial charge in [0.2, 0.25) is 0 Å². The SMILES string of the molecule is Cn1cc(CCC(=O)O)c2cc([N+](=O)[O-])ccc21. The maximum Gasteiger partial charge on any atom is 0.303 e. The summed E-state index contributed by atoms with van der Waals surface area (Å²) >= 11 is 0. The number of rotatable bonds is 4. The largest absolute Gasteiger partial charge is 0.481 e. The number of nitro groups is 1. The molecular formula is C12H12N2O4. The van der Waals surface area contributed by atoms with Crippen molar-refractivity contribution in [2.45, 2.75) is 12.8 Å². The molecule has 2 aromatic rings. The van der Waals surface area contributed by atoms with Gasteiger partial charge in [0, 0.05) is 42.7 Å². The number of nitro benzene ring substituents is 1. The van der Waals surface area contributed by atoms with Crippen molar-refractivity contribution in [2.24, 2.45) is 7.05 Å². The molecule has 0 spiro atoms. The highest BCUT2D eigenvalue weighted by atomic mass is 16.6. The first-order valence-electron chi connectivity index (χ1n) is 5.43. The van der Waals surface area contributed by atoms with Gasteiger partial charge in [0.1, 0.15) is 0 Å². The number of hydrogen-bond acceptors (Lipinski definition) is 3. The number of aromatic nitrogens is 1.